The summed E-state index contributed by atoms with van der Waals surface area (Å²) in [6.45, 7) is 6.08. The molecule has 0 unspecified atom stereocenters. The molecule has 0 atom stereocenters. The second kappa shape index (κ2) is 11.1. The van der Waals surface area contributed by atoms with Crippen LogP contribution in [0.15, 0.2) is 48.7 Å². The molecule has 1 aromatic heterocycles. The number of pyridine rings is 1. The molecule has 2 aromatic rings. The maximum atomic E-state index is 12.6. The van der Waals surface area contributed by atoms with Crippen molar-refractivity contribution in [3.05, 3.63) is 65.5 Å². The zero-order chi connectivity index (χ0) is 19.5. The molecule has 0 aliphatic heterocycles. The molecule has 0 fully saturated rings. The summed E-state index contributed by atoms with van der Waals surface area (Å²) in [6, 6.07) is 13.4. The summed E-state index contributed by atoms with van der Waals surface area (Å²) < 4.78 is 0. The number of benzene rings is 1. The molecular formula is C22H29N3O2. The van der Waals surface area contributed by atoms with Gasteiger partial charge in [0.15, 0.2) is 0 Å². The van der Waals surface area contributed by atoms with Gasteiger partial charge in [-0.3, -0.25) is 14.6 Å². The van der Waals surface area contributed by atoms with Crippen molar-refractivity contribution in [2.24, 2.45) is 0 Å². The van der Waals surface area contributed by atoms with Crippen LogP contribution in [-0.4, -0.2) is 41.3 Å². The molecule has 0 saturated carbocycles. The summed E-state index contributed by atoms with van der Waals surface area (Å²) in [6.07, 6.45) is 5.11. The fourth-order valence-electron chi connectivity index (χ4n) is 2.95. The predicted molar refractivity (Wildman–Crippen MR) is 108 cm³/mol. The first-order valence-corrected chi connectivity index (χ1v) is 9.73. The maximum absolute atomic E-state index is 12.6. The van der Waals surface area contributed by atoms with Gasteiger partial charge in [0, 0.05) is 31.4 Å². The van der Waals surface area contributed by atoms with E-state index in [0.717, 1.165) is 25.7 Å². The zero-order valence-electron chi connectivity index (χ0n) is 16.3. The van der Waals surface area contributed by atoms with E-state index in [9.17, 15) is 9.59 Å². The van der Waals surface area contributed by atoms with E-state index in [2.05, 4.69) is 22.4 Å². The number of hydrogen-bond acceptors (Lipinski definition) is 3. The predicted octanol–water partition coefficient (Wildman–Crippen LogP) is 3.71. The second-order valence-corrected chi connectivity index (χ2v) is 6.57. The molecule has 5 heteroatoms. The average Bonchev–Trinajstić information content (AvgIpc) is 2.71. The summed E-state index contributed by atoms with van der Waals surface area (Å²) in [7, 11) is 0. The monoisotopic (exact) mass is 367 g/mol. The Morgan fingerprint density at radius 1 is 1.04 bits per heavy atom. The first-order valence-electron chi connectivity index (χ1n) is 9.73. The topological polar surface area (TPSA) is 62.3 Å². The summed E-state index contributed by atoms with van der Waals surface area (Å²) >= 11 is 0. The molecule has 144 valence electrons. The average molecular weight is 367 g/mol. The Kier molecular flexibility index (Phi) is 8.49. The Hall–Kier alpha value is -2.69. The van der Waals surface area contributed by atoms with Crippen LogP contribution in [0.4, 0.5) is 0 Å². The highest BCUT2D eigenvalue weighted by Crippen LogP contribution is 2.08. The van der Waals surface area contributed by atoms with Gasteiger partial charge >= 0.3 is 0 Å². The van der Waals surface area contributed by atoms with Gasteiger partial charge < -0.3 is 10.2 Å². The number of nitrogens with zero attached hydrogens (tertiary/aromatic N) is 2. The van der Waals surface area contributed by atoms with Gasteiger partial charge in [-0.25, -0.2) is 0 Å². The number of amides is 2. The summed E-state index contributed by atoms with van der Waals surface area (Å²) in [5.41, 5.74) is 2.06. The summed E-state index contributed by atoms with van der Waals surface area (Å²) in [4.78, 5) is 31.0. The lowest BCUT2D eigenvalue weighted by Gasteiger charge is -2.21. The maximum Gasteiger partial charge on any atom is 0.272 e. The van der Waals surface area contributed by atoms with Gasteiger partial charge in [-0.2, -0.15) is 0 Å². The molecule has 0 radical (unpaired) electrons. The van der Waals surface area contributed by atoms with Crippen LogP contribution in [0.3, 0.4) is 0 Å². The van der Waals surface area contributed by atoms with E-state index in [-0.39, 0.29) is 11.8 Å². The third kappa shape index (κ3) is 6.51. The van der Waals surface area contributed by atoms with Crippen molar-refractivity contribution in [2.75, 3.05) is 19.6 Å². The molecule has 1 heterocycles. The van der Waals surface area contributed by atoms with Gasteiger partial charge in [0.1, 0.15) is 5.69 Å². The van der Waals surface area contributed by atoms with E-state index in [1.54, 1.807) is 17.0 Å². The summed E-state index contributed by atoms with van der Waals surface area (Å²) in [5, 5.41) is 2.92. The van der Waals surface area contributed by atoms with Crippen LogP contribution in [0.2, 0.25) is 0 Å². The van der Waals surface area contributed by atoms with Crippen molar-refractivity contribution in [1.29, 1.82) is 0 Å². The highest BCUT2D eigenvalue weighted by Gasteiger charge is 2.17. The number of rotatable bonds is 10. The van der Waals surface area contributed by atoms with Gasteiger partial charge in [0.2, 0.25) is 0 Å². The lowest BCUT2D eigenvalue weighted by Crippen LogP contribution is -2.33. The lowest BCUT2D eigenvalue weighted by molar-refractivity contribution is 0.0749. The van der Waals surface area contributed by atoms with Crippen molar-refractivity contribution in [1.82, 2.24) is 15.2 Å². The van der Waals surface area contributed by atoms with Gasteiger partial charge in [-0.05, 0) is 43.4 Å². The molecular weight excluding hydrogens is 338 g/mol. The van der Waals surface area contributed by atoms with Gasteiger partial charge in [-0.1, -0.05) is 44.2 Å². The Morgan fingerprint density at radius 3 is 2.41 bits per heavy atom. The second-order valence-electron chi connectivity index (χ2n) is 6.57. The number of carbonyl (C=O) groups excluding carboxylic acids is 2. The molecule has 27 heavy (non-hydrogen) atoms. The highest BCUT2D eigenvalue weighted by molar-refractivity contribution is 5.98. The Morgan fingerprint density at radius 2 is 1.74 bits per heavy atom. The van der Waals surface area contributed by atoms with Crippen LogP contribution >= 0.6 is 0 Å². The first-order chi connectivity index (χ1) is 13.2. The van der Waals surface area contributed by atoms with Gasteiger partial charge in [0.05, 0.1) is 0 Å². The van der Waals surface area contributed by atoms with Crippen LogP contribution in [0.1, 0.15) is 59.5 Å². The van der Waals surface area contributed by atoms with E-state index in [1.165, 1.54) is 11.8 Å². The summed E-state index contributed by atoms with van der Waals surface area (Å²) in [5.74, 6) is -0.283. The van der Waals surface area contributed by atoms with Crippen LogP contribution in [0, 0.1) is 0 Å². The number of hydrogen-bond donors (Lipinski definition) is 1. The Labute approximate surface area is 161 Å². The molecule has 0 saturated heterocycles. The van der Waals surface area contributed by atoms with Crippen LogP contribution in [0.25, 0.3) is 0 Å². The molecule has 5 nitrogen and oxygen atoms in total. The normalized spacial score (nSPS) is 10.4. The quantitative estimate of drug-likeness (QED) is 0.651. The molecule has 1 N–H and O–H groups in total. The van der Waals surface area contributed by atoms with Crippen molar-refractivity contribution in [3.8, 4) is 0 Å². The third-order valence-corrected chi connectivity index (χ3v) is 4.29. The first kappa shape index (κ1) is 20.6. The fraction of sp³-hybridized carbons (Fsp3) is 0.409. The number of carbonyl (C=O) groups is 2. The Balaban J connectivity index is 1.91. The molecule has 0 spiro atoms. The minimum atomic E-state index is -0.169. The Bertz CT molecular complexity index is 725. The van der Waals surface area contributed by atoms with Crippen molar-refractivity contribution >= 4 is 11.8 Å². The van der Waals surface area contributed by atoms with E-state index in [0.29, 0.717) is 30.9 Å². The molecule has 1 aromatic carbocycles. The molecule has 0 aliphatic carbocycles. The molecule has 2 rings (SSSR count). The van der Waals surface area contributed by atoms with Crippen molar-refractivity contribution in [2.45, 2.75) is 39.5 Å². The largest absolute Gasteiger partial charge is 0.352 e. The van der Waals surface area contributed by atoms with E-state index >= 15 is 0 Å². The van der Waals surface area contributed by atoms with Crippen molar-refractivity contribution in [3.63, 3.8) is 0 Å². The minimum absolute atomic E-state index is 0.113. The fourth-order valence-corrected chi connectivity index (χ4v) is 2.95. The van der Waals surface area contributed by atoms with Gasteiger partial charge in [0.25, 0.3) is 11.8 Å². The smallest absolute Gasteiger partial charge is 0.272 e. The number of nitrogens with one attached hydrogen (secondary N) is 1. The highest BCUT2D eigenvalue weighted by atomic mass is 16.2. The van der Waals surface area contributed by atoms with E-state index in [4.69, 9.17) is 0 Å². The molecule has 0 bridgehead atoms. The van der Waals surface area contributed by atoms with E-state index in [1.807, 2.05) is 32.0 Å². The number of aryl methyl sites for hydroxylation is 1. The van der Waals surface area contributed by atoms with E-state index < -0.39 is 0 Å². The zero-order valence-corrected chi connectivity index (χ0v) is 16.3. The molecule has 2 amide bonds. The standard InChI is InChI=1S/C22H29N3O2/c1-3-15-25(16-4-2)22(27)20-17-19(12-14-23-20)21(26)24-13-8-11-18-9-6-5-7-10-18/h5-7,9-10,12,14,17H,3-4,8,11,13,15-16H2,1-2H3,(H,24,26). The number of aromatic nitrogens is 1. The molecule has 0 aliphatic rings. The van der Waals surface area contributed by atoms with Gasteiger partial charge in [-0.15, -0.1) is 0 Å². The third-order valence-electron chi connectivity index (χ3n) is 4.29. The lowest BCUT2D eigenvalue weighted by atomic mass is 10.1. The van der Waals surface area contributed by atoms with Crippen LogP contribution in [0.5, 0.6) is 0 Å². The SMILES string of the molecule is CCCN(CCC)C(=O)c1cc(C(=O)NCCCc2ccccc2)ccn1. The van der Waals surface area contributed by atoms with Crippen molar-refractivity contribution < 1.29 is 9.59 Å². The van der Waals surface area contributed by atoms with Crippen LogP contribution < -0.4 is 5.32 Å². The van der Waals surface area contributed by atoms with Crippen LogP contribution in [-0.2, 0) is 6.42 Å². The minimum Gasteiger partial charge on any atom is -0.352 e.